The van der Waals surface area contributed by atoms with Crippen LogP contribution in [-0.2, 0) is 0 Å². The number of aliphatic hydroxyl groups is 1. The standard InChI is InChI=1S/C12H15FN2O5/c1-12(2,3-4-16)14-9-5-7(11(17)18)10(15(19)20)6-8(9)13/h5-6,14,16H,3-4H2,1-2H3,(H,17,18). The Balaban J connectivity index is 3.26. The molecule has 0 fully saturated rings. The minimum Gasteiger partial charge on any atom is -0.477 e. The van der Waals surface area contributed by atoms with Crippen LogP contribution < -0.4 is 5.32 Å². The summed E-state index contributed by atoms with van der Waals surface area (Å²) < 4.78 is 13.8. The van der Waals surface area contributed by atoms with Crippen molar-refractivity contribution in [2.24, 2.45) is 0 Å². The van der Waals surface area contributed by atoms with Crippen molar-refractivity contribution in [2.75, 3.05) is 11.9 Å². The number of benzene rings is 1. The Kier molecular flexibility index (Phi) is 4.61. The molecule has 0 heterocycles. The normalized spacial score (nSPS) is 11.2. The van der Waals surface area contributed by atoms with E-state index < -0.39 is 33.5 Å². The number of nitrogens with one attached hydrogen (secondary N) is 1. The topological polar surface area (TPSA) is 113 Å². The molecule has 0 aromatic heterocycles. The van der Waals surface area contributed by atoms with Gasteiger partial charge in [0.05, 0.1) is 16.7 Å². The third-order valence-electron chi connectivity index (χ3n) is 2.72. The molecule has 0 unspecified atom stereocenters. The fraction of sp³-hybridized carbons (Fsp3) is 0.417. The minimum atomic E-state index is -1.51. The van der Waals surface area contributed by atoms with Gasteiger partial charge in [0.15, 0.2) is 5.82 Å². The zero-order chi connectivity index (χ0) is 15.5. The van der Waals surface area contributed by atoms with Gasteiger partial charge in [-0.25, -0.2) is 9.18 Å². The van der Waals surface area contributed by atoms with E-state index in [1.165, 1.54) is 0 Å². The number of nitro benzene ring substituents is 1. The van der Waals surface area contributed by atoms with E-state index in [1.807, 2.05) is 0 Å². The lowest BCUT2D eigenvalue weighted by Crippen LogP contribution is -2.32. The van der Waals surface area contributed by atoms with Crippen molar-refractivity contribution in [3.05, 3.63) is 33.6 Å². The third kappa shape index (κ3) is 3.64. The summed E-state index contributed by atoms with van der Waals surface area (Å²) in [4.78, 5) is 20.7. The summed E-state index contributed by atoms with van der Waals surface area (Å²) in [5.41, 5.74) is -2.26. The monoisotopic (exact) mass is 286 g/mol. The third-order valence-corrected chi connectivity index (χ3v) is 2.72. The Morgan fingerprint density at radius 1 is 1.50 bits per heavy atom. The summed E-state index contributed by atoms with van der Waals surface area (Å²) in [5.74, 6) is -2.44. The number of hydrogen-bond donors (Lipinski definition) is 3. The van der Waals surface area contributed by atoms with Gasteiger partial charge in [-0.15, -0.1) is 0 Å². The van der Waals surface area contributed by atoms with E-state index in [1.54, 1.807) is 13.8 Å². The number of aromatic carboxylic acids is 1. The van der Waals surface area contributed by atoms with E-state index in [2.05, 4.69) is 5.32 Å². The molecule has 0 saturated heterocycles. The van der Waals surface area contributed by atoms with Gasteiger partial charge >= 0.3 is 5.97 Å². The van der Waals surface area contributed by atoms with Crippen molar-refractivity contribution in [1.82, 2.24) is 0 Å². The summed E-state index contributed by atoms with van der Waals surface area (Å²) in [6, 6.07) is 1.45. The van der Waals surface area contributed by atoms with Crippen LogP contribution in [0, 0.1) is 15.9 Å². The van der Waals surface area contributed by atoms with Crippen molar-refractivity contribution < 1.29 is 24.3 Å². The van der Waals surface area contributed by atoms with Gasteiger partial charge in [-0.2, -0.15) is 0 Å². The summed E-state index contributed by atoms with van der Waals surface area (Å²) >= 11 is 0. The predicted molar refractivity (Wildman–Crippen MR) is 69.4 cm³/mol. The van der Waals surface area contributed by atoms with Gasteiger partial charge < -0.3 is 15.5 Å². The summed E-state index contributed by atoms with van der Waals surface area (Å²) in [7, 11) is 0. The van der Waals surface area contributed by atoms with Crippen LogP contribution >= 0.6 is 0 Å². The zero-order valence-corrected chi connectivity index (χ0v) is 11.0. The quantitative estimate of drug-likeness (QED) is 0.544. The Bertz CT molecular complexity index is 545. The zero-order valence-electron chi connectivity index (χ0n) is 11.0. The highest BCUT2D eigenvalue weighted by Crippen LogP contribution is 2.28. The van der Waals surface area contributed by atoms with Crippen LogP contribution in [0.5, 0.6) is 0 Å². The first-order valence-corrected chi connectivity index (χ1v) is 5.78. The Morgan fingerprint density at radius 2 is 2.10 bits per heavy atom. The van der Waals surface area contributed by atoms with Crippen LogP contribution in [0.3, 0.4) is 0 Å². The first-order chi connectivity index (χ1) is 9.18. The number of hydrogen-bond acceptors (Lipinski definition) is 5. The van der Waals surface area contributed by atoms with Gasteiger partial charge in [0.25, 0.3) is 5.69 Å². The highest BCUT2D eigenvalue weighted by molar-refractivity contribution is 5.93. The van der Waals surface area contributed by atoms with E-state index in [0.717, 1.165) is 6.07 Å². The fourth-order valence-electron chi connectivity index (χ4n) is 1.69. The molecule has 0 aliphatic heterocycles. The van der Waals surface area contributed by atoms with Crippen LogP contribution in [0.25, 0.3) is 0 Å². The average Bonchev–Trinajstić information content (AvgIpc) is 2.30. The Labute approximate surface area is 114 Å². The van der Waals surface area contributed by atoms with Gasteiger partial charge in [0.2, 0.25) is 0 Å². The maximum absolute atomic E-state index is 13.8. The lowest BCUT2D eigenvalue weighted by molar-refractivity contribution is -0.385. The molecule has 20 heavy (non-hydrogen) atoms. The molecule has 0 aliphatic carbocycles. The van der Waals surface area contributed by atoms with E-state index >= 15 is 0 Å². The molecule has 1 aromatic rings. The van der Waals surface area contributed by atoms with Crippen molar-refractivity contribution >= 4 is 17.3 Å². The molecule has 0 radical (unpaired) electrons. The molecule has 0 saturated carbocycles. The number of nitrogens with zero attached hydrogens (tertiary/aromatic N) is 1. The average molecular weight is 286 g/mol. The predicted octanol–water partition coefficient (Wildman–Crippen LogP) is 2.00. The molecule has 1 rings (SSSR count). The maximum atomic E-state index is 13.8. The van der Waals surface area contributed by atoms with Crippen LogP contribution in [0.1, 0.15) is 30.6 Å². The Hall–Kier alpha value is -2.22. The molecule has 0 spiro atoms. The Morgan fingerprint density at radius 3 is 2.55 bits per heavy atom. The second-order valence-electron chi connectivity index (χ2n) is 4.89. The van der Waals surface area contributed by atoms with Gasteiger partial charge in [0.1, 0.15) is 5.56 Å². The van der Waals surface area contributed by atoms with Gasteiger partial charge in [-0.1, -0.05) is 0 Å². The van der Waals surface area contributed by atoms with Gasteiger partial charge in [-0.05, 0) is 26.3 Å². The van der Waals surface area contributed by atoms with E-state index in [-0.39, 0.29) is 12.3 Å². The highest BCUT2D eigenvalue weighted by Gasteiger charge is 2.25. The fourth-order valence-corrected chi connectivity index (χ4v) is 1.69. The molecular weight excluding hydrogens is 271 g/mol. The second-order valence-corrected chi connectivity index (χ2v) is 4.89. The van der Waals surface area contributed by atoms with Crippen molar-refractivity contribution in [2.45, 2.75) is 25.8 Å². The SMILES string of the molecule is CC(C)(CCO)Nc1cc(C(=O)O)c([N+](=O)[O-])cc1F. The molecule has 0 aliphatic rings. The molecule has 0 amide bonds. The summed E-state index contributed by atoms with van der Waals surface area (Å²) in [6.45, 7) is 3.23. The largest absolute Gasteiger partial charge is 0.477 e. The lowest BCUT2D eigenvalue weighted by atomic mass is 10.00. The molecule has 8 heteroatoms. The summed E-state index contributed by atoms with van der Waals surface area (Å²) in [6.07, 6.45) is 0.297. The molecular formula is C12H15FN2O5. The number of nitro groups is 1. The molecule has 3 N–H and O–H groups in total. The molecule has 0 bridgehead atoms. The van der Waals surface area contributed by atoms with Crippen molar-refractivity contribution in [3.63, 3.8) is 0 Å². The molecule has 0 atom stereocenters. The first kappa shape index (κ1) is 15.8. The van der Waals surface area contributed by atoms with E-state index in [9.17, 15) is 19.3 Å². The van der Waals surface area contributed by atoms with Crippen molar-refractivity contribution in [3.8, 4) is 0 Å². The number of carboxylic acid groups (broad SMARTS) is 1. The van der Waals surface area contributed by atoms with Crippen LogP contribution in [0.2, 0.25) is 0 Å². The van der Waals surface area contributed by atoms with E-state index in [0.29, 0.717) is 12.5 Å². The lowest BCUT2D eigenvalue weighted by Gasteiger charge is -2.27. The molecule has 1 aromatic carbocycles. The molecule has 7 nitrogen and oxygen atoms in total. The number of carbonyl (C=O) groups is 1. The number of anilines is 1. The highest BCUT2D eigenvalue weighted by atomic mass is 19.1. The number of carboxylic acids is 1. The van der Waals surface area contributed by atoms with Crippen molar-refractivity contribution in [1.29, 1.82) is 0 Å². The van der Waals surface area contributed by atoms with Gasteiger partial charge in [0, 0.05) is 12.1 Å². The van der Waals surface area contributed by atoms with Gasteiger partial charge in [-0.3, -0.25) is 10.1 Å². The van der Waals surface area contributed by atoms with Crippen LogP contribution in [0.15, 0.2) is 12.1 Å². The maximum Gasteiger partial charge on any atom is 0.342 e. The van der Waals surface area contributed by atoms with Crippen LogP contribution in [0.4, 0.5) is 15.8 Å². The molecule has 110 valence electrons. The first-order valence-electron chi connectivity index (χ1n) is 5.78. The number of aliphatic hydroxyl groups excluding tert-OH is 1. The van der Waals surface area contributed by atoms with Crippen LogP contribution in [-0.4, -0.2) is 33.3 Å². The number of halogens is 1. The van der Waals surface area contributed by atoms with E-state index in [4.69, 9.17) is 10.2 Å². The second kappa shape index (κ2) is 5.83. The summed E-state index contributed by atoms with van der Waals surface area (Å²) in [5, 5.41) is 31.3. The smallest absolute Gasteiger partial charge is 0.342 e. The minimum absolute atomic E-state index is 0.139. The number of rotatable bonds is 6.